The predicted octanol–water partition coefficient (Wildman–Crippen LogP) is 4.77. The van der Waals surface area contributed by atoms with Gasteiger partial charge in [0.15, 0.2) is 0 Å². The van der Waals surface area contributed by atoms with E-state index in [9.17, 15) is 4.39 Å². The van der Waals surface area contributed by atoms with Crippen LogP contribution in [0.3, 0.4) is 0 Å². The Balaban J connectivity index is 1.38. The van der Waals surface area contributed by atoms with Crippen molar-refractivity contribution >= 4 is 0 Å². The van der Waals surface area contributed by atoms with Crippen LogP contribution in [0.5, 0.6) is 0 Å². The molecule has 1 aliphatic carbocycles. The van der Waals surface area contributed by atoms with E-state index >= 15 is 0 Å². The Kier molecular flexibility index (Phi) is 6.11. The largest absolute Gasteiger partial charge is 0.378 e. The Morgan fingerprint density at radius 2 is 1.80 bits per heavy atom. The minimum atomic E-state index is -0.155. The molecule has 140 valence electrons. The van der Waals surface area contributed by atoms with Gasteiger partial charge in [-0.05, 0) is 95.9 Å². The van der Waals surface area contributed by atoms with E-state index in [1.165, 1.54) is 32.1 Å². The van der Waals surface area contributed by atoms with E-state index in [-0.39, 0.29) is 11.4 Å². The summed E-state index contributed by atoms with van der Waals surface area (Å²) in [4.78, 5) is 6.43. The summed E-state index contributed by atoms with van der Waals surface area (Å²) in [5.41, 5.74) is 1.12. The average Bonchev–Trinajstić information content (AvgIpc) is 2.61. The van der Waals surface area contributed by atoms with Crippen LogP contribution in [0.2, 0.25) is 0 Å². The minimum Gasteiger partial charge on any atom is -0.378 e. The van der Waals surface area contributed by atoms with Crippen LogP contribution >= 0.6 is 0 Å². The number of halogens is 1. The van der Waals surface area contributed by atoms with Crippen LogP contribution in [0, 0.1) is 11.7 Å². The van der Waals surface area contributed by atoms with Gasteiger partial charge in [-0.15, -0.1) is 0 Å². The number of hydrogen-bond acceptors (Lipinski definition) is 3. The van der Waals surface area contributed by atoms with Crippen LogP contribution in [0.15, 0.2) is 18.5 Å². The zero-order valence-electron chi connectivity index (χ0n) is 16.0. The maximum absolute atomic E-state index is 13.9. The third kappa shape index (κ3) is 5.01. The number of nitrogens with zero attached hydrogens (tertiary/aromatic N) is 2. The minimum absolute atomic E-state index is 0.155. The molecule has 4 heteroatoms. The van der Waals surface area contributed by atoms with Gasteiger partial charge >= 0.3 is 0 Å². The molecule has 25 heavy (non-hydrogen) atoms. The highest BCUT2D eigenvalue weighted by atomic mass is 19.1. The Labute approximate surface area is 152 Å². The van der Waals surface area contributed by atoms with Crippen molar-refractivity contribution in [1.82, 2.24) is 9.88 Å². The fraction of sp³-hybridized carbons (Fsp3) is 0.762. The molecule has 2 aliphatic rings. The highest BCUT2D eigenvalue weighted by Crippen LogP contribution is 2.35. The van der Waals surface area contributed by atoms with Crippen molar-refractivity contribution in [2.75, 3.05) is 19.7 Å². The van der Waals surface area contributed by atoms with Crippen LogP contribution in [-0.2, 0) is 4.74 Å². The summed E-state index contributed by atoms with van der Waals surface area (Å²) in [6, 6.07) is 1.84. The van der Waals surface area contributed by atoms with E-state index in [4.69, 9.17) is 4.74 Å². The quantitative estimate of drug-likeness (QED) is 0.783. The normalized spacial score (nSPS) is 26.7. The summed E-state index contributed by atoms with van der Waals surface area (Å²) >= 11 is 0. The van der Waals surface area contributed by atoms with Gasteiger partial charge in [-0.3, -0.25) is 9.88 Å². The summed E-state index contributed by atoms with van der Waals surface area (Å²) in [7, 11) is 0. The molecular weight excluding hydrogens is 315 g/mol. The predicted molar refractivity (Wildman–Crippen MR) is 99.2 cm³/mol. The summed E-state index contributed by atoms with van der Waals surface area (Å²) in [5, 5.41) is 0. The molecule has 1 aromatic heterocycles. The summed E-state index contributed by atoms with van der Waals surface area (Å²) < 4.78 is 20.1. The number of pyridine rings is 1. The van der Waals surface area contributed by atoms with Crippen molar-refractivity contribution in [1.29, 1.82) is 0 Å². The molecule has 0 spiro atoms. The third-order valence-corrected chi connectivity index (χ3v) is 6.05. The molecule has 0 bridgehead atoms. The number of likely N-dealkylation sites (tertiary alicyclic amines) is 1. The summed E-state index contributed by atoms with van der Waals surface area (Å²) in [6.45, 7) is 10.2. The Hall–Kier alpha value is -1.00. The van der Waals surface area contributed by atoms with E-state index in [1.807, 2.05) is 6.07 Å². The van der Waals surface area contributed by atoms with Gasteiger partial charge in [-0.1, -0.05) is 0 Å². The third-order valence-electron chi connectivity index (χ3n) is 6.05. The lowest BCUT2D eigenvalue weighted by Gasteiger charge is -2.41. The molecule has 0 N–H and O–H groups in total. The number of hydrogen-bond donors (Lipinski definition) is 0. The van der Waals surface area contributed by atoms with Gasteiger partial charge < -0.3 is 4.74 Å². The topological polar surface area (TPSA) is 25.4 Å². The first kappa shape index (κ1) is 18.8. The molecule has 1 aromatic rings. The molecule has 2 heterocycles. The van der Waals surface area contributed by atoms with E-state index in [0.29, 0.717) is 17.9 Å². The maximum atomic E-state index is 13.9. The fourth-order valence-electron chi connectivity index (χ4n) is 4.30. The highest BCUT2D eigenvalue weighted by molar-refractivity contribution is 5.18. The van der Waals surface area contributed by atoms with Crippen LogP contribution in [0.25, 0.3) is 0 Å². The lowest BCUT2D eigenvalue weighted by atomic mass is 9.83. The monoisotopic (exact) mass is 348 g/mol. The Morgan fingerprint density at radius 1 is 1.12 bits per heavy atom. The molecule has 0 atom stereocenters. The number of ether oxygens (including phenoxy) is 1. The van der Waals surface area contributed by atoms with Gasteiger partial charge in [0.1, 0.15) is 5.82 Å². The molecule has 3 nitrogen and oxygen atoms in total. The van der Waals surface area contributed by atoms with Gasteiger partial charge in [0.25, 0.3) is 0 Å². The first-order valence-corrected chi connectivity index (χ1v) is 9.89. The second-order valence-electron chi connectivity index (χ2n) is 8.81. The molecule has 0 unspecified atom stereocenters. The second-order valence-corrected chi connectivity index (χ2v) is 8.81. The Morgan fingerprint density at radius 3 is 2.40 bits per heavy atom. The van der Waals surface area contributed by atoms with E-state index in [1.54, 1.807) is 6.20 Å². The standard InChI is InChI=1S/C21H33FN2O/c1-21(2,3)24-12-9-16(10-13-24)15-25-18-6-4-17(5-7-18)19-8-11-23-14-20(19)22/h8,11,14,16-18H,4-7,9-10,12-13,15H2,1-3H3. The van der Waals surface area contributed by atoms with Crippen LogP contribution in [-0.4, -0.2) is 41.2 Å². The molecule has 2 fully saturated rings. The van der Waals surface area contributed by atoms with Gasteiger partial charge in [0.2, 0.25) is 0 Å². The zero-order valence-corrected chi connectivity index (χ0v) is 16.0. The van der Waals surface area contributed by atoms with Gasteiger partial charge in [0.05, 0.1) is 12.3 Å². The van der Waals surface area contributed by atoms with Crippen molar-refractivity contribution in [2.24, 2.45) is 5.92 Å². The van der Waals surface area contributed by atoms with Crippen LogP contribution in [0.4, 0.5) is 4.39 Å². The molecule has 0 radical (unpaired) electrons. The van der Waals surface area contributed by atoms with E-state index < -0.39 is 0 Å². The van der Waals surface area contributed by atoms with E-state index in [2.05, 4.69) is 30.7 Å². The molecule has 3 rings (SSSR count). The fourth-order valence-corrected chi connectivity index (χ4v) is 4.30. The van der Waals surface area contributed by atoms with Gasteiger partial charge in [-0.2, -0.15) is 0 Å². The van der Waals surface area contributed by atoms with Gasteiger partial charge in [0, 0.05) is 18.3 Å². The number of aromatic nitrogens is 1. The lowest BCUT2D eigenvalue weighted by Crippen LogP contribution is -2.46. The Bertz CT molecular complexity index is 541. The molecule has 0 aromatic carbocycles. The smallest absolute Gasteiger partial charge is 0.144 e. The average molecular weight is 349 g/mol. The van der Waals surface area contributed by atoms with Crippen molar-refractivity contribution in [3.05, 3.63) is 29.8 Å². The molecule has 1 saturated carbocycles. The van der Waals surface area contributed by atoms with Crippen molar-refractivity contribution in [3.8, 4) is 0 Å². The van der Waals surface area contributed by atoms with Crippen molar-refractivity contribution in [3.63, 3.8) is 0 Å². The number of piperidine rings is 1. The van der Waals surface area contributed by atoms with Crippen LogP contribution in [0.1, 0.15) is 70.8 Å². The molecule has 1 aliphatic heterocycles. The molecule has 1 saturated heterocycles. The first-order valence-electron chi connectivity index (χ1n) is 9.89. The molecule has 0 amide bonds. The summed E-state index contributed by atoms with van der Waals surface area (Å²) in [6.07, 6.45) is 10.0. The summed E-state index contributed by atoms with van der Waals surface area (Å²) in [5.74, 6) is 0.879. The number of rotatable bonds is 4. The van der Waals surface area contributed by atoms with Crippen molar-refractivity contribution < 1.29 is 9.13 Å². The van der Waals surface area contributed by atoms with E-state index in [0.717, 1.165) is 37.9 Å². The molecular formula is C21H33FN2O. The SMILES string of the molecule is CC(C)(C)N1CCC(COC2CCC(c3ccncc3F)CC2)CC1. The van der Waals surface area contributed by atoms with Crippen LogP contribution < -0.4 is 0 Å². The van der Waals surface area contributed by atoms with Gasteiger partial charge in [-0.25, -0.2) is 4.39 Å². The first-order chi connectivity index (χ1) is 11.9. The van der Waals surface area contributed by atoms with Crippen molar-refractivity contribution in [2.45, 2.75) is 76.9 Å². The highest BCUT2D eigenvalue weighted by Gasteiger charge is 2.29. The second kappa shape index (κ2) is 8.13. The maximum Gasteiger partial charge on any atom is 0.144 e. The zero-order chi connectivity index (χ0) is 17.9. The lowest BCUT2D eigenvalue weighted by molar-refractivity contribution is -0.0154.